The van der Waals surface area contributed by atoms with E-state index in [1.807, 2.05) is 16.8 Å². The van der Waals surface area contributed by atoms with Crippen molar-refractivity contribution in [1.82, 2.24) is 0 Å². The molecule has 2 aliphatic rings. The molecule has 2 aliphatic heterocycles. The van der Waals surface area contributed by atoms with E-state index in [-0.39, 0.29) is 10.9 Å². The lowest BCUT2D eigenvalue weighted by atomic mass is 9.97. The molecule has 0 unspecified atom stereocenters. The fourth-order valence-corrected chi connectivity index (χ4v) is 5.57. The van der Waals surface area contributed by atoms with Crippen LogP contribution in [0.25, 0.3) is 0 Å². The second kappa shape index (κ2) is 6.59. The Hall–Kier alpha value is -1.63. The number of aryl methyl sites for hydroxylation is 1. The Morgan fingerprint density at radius 3 is 2.68 bits per heavy atom. The highest BCUT2D eigenvalue weighted by Gasteiger charge is 2.55. The van der Waals surface area contributed by atoms with Crippen LogP contribution in [0.2, 0.25) is 0 Å². The van der Waals surface area contributed by atoms with Crippen LogP contribution < -0.4 is 10.4 Å². The molecule has 2 aromatic carbocycles. The molecule has 25 heavy (non-hydrogen) atoms. The van der Waals surface area contributed by atoms with E-state index in [4.69, 9.17) is 9.83 Å². The third kappa shape index (κ3) is 2.72. The van der Waals surface area contributed by atoms with Crippen molar-refractivity contribution in [2.75, 3.05) is 30.3 Å². The first-order chi connectivity index (χ1) is 12.2. The number of hydrogen-bond donors (Lipinski definition) is 1. The minimum atomic E-state index is -0.185. The molecule has 0 aromatic heterocycles. The van der Waals surface area contributed by atoms with Crippen LogP contribution in [0.4, 0.5) is 11.4 Å². The van der Waals surface area contributed by atoms with Crippen molar-refractivity contribution < 1.29 is 4.84 Å². The summed E-state index contributed by atoms with van der Waals surface area (Å²) in [4.78, 5) is 10.6. The number of para-hydroxylation sites is 1. The summed E-state index contributed by atoms with van der Waals surface area (Å²) in [6.45, 7) is 2.85. The number of benzene rings is 2. The van der Waals surface area contributed by atoms with Gasteiger partial charge in [0.05, 0.1) is 19.3 Å². The number of hydroxylamine groups is 1. The first kappa shape index (κ1) is 16.8. The minimum Gasteiger partial charge on any atom is -0.362 e. The topological polar surface area (TPSA) is 36.9 Å². The highest BCUT2D eigenvalue weighted by Crippen LogP contribution is 2.56. The number of nitrogens with one attached hydrogen (secondary N) is 1. The lowest BCUT2D eigenvalue weighted by molar-refractivity contribution is 0.145. The molecule has 0 saturated carbocycles. The first-order valence-electron chi connectivity index (χ1n) is 8.21. The molecule has 0 aliphatic carbocycles. The molecule has 0 radical (unpaired) electrons. The van der Waals surface area contributed by atoms with Gasteiger partial charge in [0.1, 0.15) is 15.3 Å². The maximum absolute atomic E-state index is 5.80. The molecule has 4 rings (SSSR count). The zero-order valence-corrected chi connectivity index (χ0v) is 16.2. The summed E-state index contributed by atoms with van der Waals surface area (Å²) in [5.41, 5.74) is 4.73. The average Bonchev–Trinajstić information content (AvgIpc) is 3.18. The Morgan fingerprint density at radius 1 is 1.24 bits per heavy atom. The highest BCUT2D eigenvalue weighted by atomic mass is 32.2. The van der Waals surface area contributed by atoms with Crippen LogP contribution in [0.3, 0.4) is 0 Å². The predicted octanol–water partition coefficient (Wildman–Crippen LogP) is 4.48. The van der Waals surface area contributed by atoms with Gasteiger partial charge < -0.3 is 5.32 Å². The van der Waals surface area contributed by atoms with Gasteiger partial charge in [-0.3, -0.25) is 9.83 Å². The monoisotopic (exact) mass is 371 g/mol. The van der Waals surface area contributed by atoms with E-state index in [1.165, 1.54) is 11.1 Å². The van der Waals surface area contributed by atoms with Crippen molar-refractivity contribution in [2.45, 2.75) is 17.8 Å². The number of anilines is 2. The van der Waals surface area contributed by atoms with Crippen molar-refractivity contribution in [3.8, 4) is 0 Å². The number of rotatable bonds is 3. The molecule has 2 heterocycles. The van der Waals surface area contributed by atoms with Crippen LogP contribution >= 0.6 is 23.5 Å². The molecule has 1 spiro atoms. The third-order valence-corrected chi connectivity index (χ3v) is 7.18. The zero-order chi connectivity index (χ0) is 17.4. The van der Waals surface area contributed by atoms with E-state index in [9.17, 15) is 0 Å². The SMILES string of the molecule is CON1c2ccccc2[C@@]2(CN=C(SC)S2)[C@H]1Nc1ccc(C)cc1. The fraction of sp³-hybridized carbons (Fsp3) is 0.316. The minimum absolute atomic E-state index is 0.0315. The maximum Gasteiger partial charge on any atom is 0.146 e. The summed E-state index contributed by atoms with van der Waals surface area (Å²) >= 11 is 3.55. The number of aliphatic imine (C=N–C) groups is 1. The van der Waals surface area contributed by atoms with Crippen molar-refractivity contribution in [3.63, 3.8) is 0 Å². The van der Waals surface area contributed by atoms with Gasteiger partial charge in [-0.1, -0.05) is 47.7 Å². The van der Waals surface area contributed by atoms with Crippen LogP contribution in [-0.2, 0) is 9.58 Å². The van der Waals surface area contributed by atoms with Gasteiger partial charge in [-0.05, 0) is 31.4 Å². The van der Waals surface area contributed by atoms with Gasteiger partial charge in [0, 0.05) is 11.3 Å². The van der Waals surface area contributed by atoms with E-state index in [0.717, 1.165) is 22.3 Å². The van der Waals surface area contributed by atoms with E-state index in [2.05, 4.69) is 67.0 Å². The van der Waals surface area contributed by atoms with Crippen LogP contribution in [-0.4, -0.2) is 30.5 Å². The molecule has 2 aromatic rings. The molecule has 2 atom stereocenters. The molecule has 0 fully saturated rings. The Morgan fingerprint density at radius 2 is 2.00 bits per heavy atom. The number of fused-ring (bicyclic) bond motifs is 2. The quantitative estimate of drug-likeness (QED) is 0.861. The average molecular weight is 372 g/mol. The van der Waals surface area contributed by atoms with E-state index in [0.29, 0.717) is 0 Å². The lowest BCUT2D eigenvalue weighted by Gasteiger charge is -2.35. The Labute approximate surface area is 157 Å². The van der Waals surface area contributed by atoms with Crippen LogP contribution in [0.5, 0.6) is 0 Å². The van der Waals surface area contributed by atoms with Crippen LogP contribution in [0, 0.1) is 6.92 Å². The Kier molecular flexibility index (Phi) is 4.43. The fourth-order valence-electron chi connectivity index (χ4n) is 3.48. The summed E-state index contributed by atoms with van der Waals surface area (Å²) in [6, 6.07) is 17.0. The van der Waals surface area contributed by atoms with Crippen molar-refractivity contribution in [2.24, 2.45) is 4.99 Å². The second-order valence-electron chi connectivity index (χ2n) is 6.22. The molecule has 130 valence electrons. The number of hydrogen-bond acceptors (Lipinski definition) is 6. The summed E-state index contributed by atoms with van der Waals surface area (Å²) in [5, 5.41) is 5.68. The van der Waals surface area contributed by atoms with Gasteiger partial charge in [-0.2, -0.15) is 0 Å². The molecule has 6 heteroatoms. The molecular weight excluding hydrogens is 350 g/mol. The predicted molar refractivity (Wildman–Crippen MR) is 110 cm³/mol. The summed E-state index contributed by atoms with van der Waals surface area (Å²) in [5.74, 6) is 0. The van der Waals surface area contributed by atoms with Gasteiger partial charge in [0.25, 0.3) is 0 Å². The van der Waals surface area contributed by atoms with Gasteiger partial charge in [-0.15, -0.1) is 11.8 Å². The largest absolute Gasteiger partial charge is 0.362 e. The molecule has 0 amide bonds. The van der Waals surface area contributed by atoms with Crippen molar-refractivity contribution in [3.05, 3.63) is 59.7 Å². The van der Waals surface area contributed by atoms with Gasteiger partial charge in [0.15, 0.2) is 0 Å². The standard InChI is InChI=1S/C19H21N3OS2/c1-13-8-10-14(11-9-13)21-17-19(12-20-18(24-3)25-19)15-6-4-5-7-16(15)22(17)23-2/h4-11,17,21H,12H2,1-3H3/t17-,19-/m0/s1. The molecule has 1 N–H and O–H groups in total. The van der Waals surface area contributed by atoms with E-state index >= 15 is 0 Å². The van der Waals surface area contributed by atoms with Gasteiger partial charge in [0.2, 0.25) is 0 Å². The molecular formula is C19H21N3OS2. The third-order valence-electron chi connectivity index (χ3n) is 4.71. The van der Waals surface area contributed by atoms with Crippen LogP contribution in [0.1, 0.15) is 11.1 Å². The molecule has 4 nitrogen and oxygen atoms in total. The zero-order valence-electron chi connectivity index (χ0n) is 14.5. The van der Waals surface area contributed by atoms with Crippen LogP contribution in [0.15, 0.2) is 53.5 Å². The molecule has 0 bridgehead atoms. The van der Waals surface area contributed by atoms with E-state index in [1.54, 1.807) is 18.9 Å². The summed E-state index contributed by atoms with van der Waals surface area (Å²) < 4.78 is 0.944. The normalized spacial score (nSPS) is 24.5. The van der Waals surface area contributed by atoms with E-state index < -0.39 is 0 Å². The second-order valence-corrected chi connectivity index (χ2v) is 8.59. The lowest BCUT2D eigenvalue weighted by Crippen LogP contribution is -2.48. The first-order valence-corrected chi connectivity index (χ1v) is 10.3. The summed E-state index contributed by atoms with van der Waals surface area (Å²) in [7, 11) is 1.73. The Balaban J connectivity index is 1.76. The smallest absolute Gasteiger partial charge is 0.146 e. The highest BCUT2D eigenvalue weighted by molar-refractivity contribution is 8.39. The molecule has 0 saturated heterocycles. The summed E-state index contributed by atoms with van der Waals surface area (Å²) in [6.07, 6.45) is 2.05. The van der Waals surface area contributed by atoms with Crippen molar-refractivity contribution >= 4 is 39.3 Å². The number of thioether (sulfide) groups is 2. The Bertz CT molecular complexity index is 809. The van der Waals surface area contributed by atoms with Crippen molar-refractivity contribution in [1.29, 1.82) is 0 Å². The maximum atomic E-state index is 5.80. The number of nitrogens with zero attached hydrogens (tertiary/aromatic N) is 2. The van der Waals surface area contributed by atoms with Gasteiger partial charge in [-0.25, -0.2) is 5.06 Å². The van der Waals surface area contributed by atoms with Gasteiger partial charge >= 0.3 is 0 Å².